The van der Waals surface area contributed by atoms with Crippen molar-refractivity contribution in [2.45, 2.75) is 0 Å². The first-order chi connectivity index (χ1) is 0. The van der Waals surface area contributed by atoms with Crippen LogP contribution in [0.3, 0.4) is 0 Å². The van der Waals surface area contributed by atoms with Crippen LogP contribution in [0.25, 0.3) is 0 Å². The zero-order valence-electron chi connectivity index (χ0n) is 1.41. The van der Waals surface area contributed by atoms with Gasteiger partial charge in [0.2, 0.25) is 0 Å². The number of hydrogen-bond donors (Lipinski definition) is 0. The zero-order valence-corrected chi connectivity index (χ0v) is 8.17. The Kier molecular flexibility index (Phi) is 116. The van der Waals surface area contributed by atoms with Crippen molar-refractivity contribution in [3.05, 3.63) is 0 Å². The summed E-state index contributed by atoms with van der Waals surface area (Å²) in [6.45, 7) is 0. The maximum atomic E-state index is 0. The van der Waals surface area contributed by atoms with Gasteiger partial charge in [-0.05, 0) is 0 Å². The summed E-state index contributed by atoms with van der Waals surface area (Å²) in [6, 6.07) is 0. The summed E-state index contributed by atoms with van der Waals surface area (Å²) in [4.78, 5) is 0. The van der Waals surface area contributed by atoms with Crippen LogP contribution in [0.2, 0.25) is 0 Å². The maximum absolute atomic E-state index is 0. The normalized spacial score (nSPS) is 0. The van der Waals surface area contributed by atoms with Gasteiger partial charge in [0.1, 0.15) is 0 Å². The van der Waals surface area contributed by atoms with Crippen LogP contribution < -0.4 is 0 Å². The van der Waals surface area contributed by atoms with Crippen molar-refractivity contribution in [3.63, 3.8) is 0 Å². The summed E-state index contributed by atoms with van der Waals surface area (Å²) in [5.41, 5.74) is 0. The molecule has 0 fully saturated rings. The van der Waals surface area contributed by atoms with Crippen molar-refractivity contribution in [2.24, 2.45) is 0 Å². The monoisotopic (exact) mass is 433 g/mol. The van der Waals surface area contributed by atoms with Crippen molar-refractivity contribution in [3.8, 4) is 0 Å². The Hall–Kier alpha value is 3.03. The molecule has 0 unspecified atom stereocenters. The Morgan fingerprint density at radius 3 is 0.750 bits per heavy atom. The van der Waals surface area contributed by atoms with Gasteiger partial charge in [0.15, 0.2) is 0 Å². The van der Waals surface area contributed by atoms with Crippen molar-refractivity contribution in [2.75, 3.05) is 0 Å². The summed E-state index contributed by atoms with van der Waals surface area (Å²) < 4.78 is 0. The molecule has 0 aliphatic rings. The Labute approximate surface area is 91.9 Å². The van der Waals surface area contributed by atoms with Crippen molar-refractivity contribution in [1.82, 2.24) is 0 Å². The molecule has 0 heterocycles. The van der Waals surface area contributed by atoms with Gasteiger partial charge in [0, 0.05) is 93.8 Å². The Bertz CT molecular complexity index is 6.00. The predicted molar refractivity (Wildman–Crippen MR) is 11.5 cm³/mol. The van der Waals surface area contributed by atoms with E-state index in [1.54, 1.807) is 0 Å². The molecule has 0 aliphatic heterocycles. The molecule has 0 aromatic rings. The van der Waals surface area contributed by atoms with Gasteiger partial charge < -0.3 is 0 Å². The van der Waals surface area contributed by atoms with Gasteiger partial charge in [0.25, 0.3) is 0 Å². The van der Waals surface area contributed by atoms with E-state index in [0.29, 0.717) is 0 Å². The van der Waals surface area contributed by atoms with Crippen molar-refractivity contribution in [1.29, 1.82) is 0 Å². The van der Waals surface area contributed by atoms with Crippen LogP contribution >= 0.6 is 0 Å². The van der Waals surface area contributed by atoms with E-state index >= 15 is 0 Å². The molecule has 0 nitrogen and oxygen atoms in total. The van der Waals surface area contributed by atoms with E-state index < -0.39 is 0 Å². The quantitative estimate of drug-likeness (QED) is 0.441. The SMILES string of the molecule is [Ag].[Er].[Se].[Se]. The Morgan fingerprint density at radius 1 is 0.750 bits per heavy atom. The van der Waals surface area contributed by atoms with E-state index in [9.17, 15) is 0 Å². The van der Waals surface area contributed by atoms with Crippen LogP contribution in [-0.4, -0.2) is 34.1 Å². The molecule has 0 rings (SSSR count). The van der Waals surface area contributed by atoms with Crippen LogP contribution in [0.5, 0.6) is 0 Å². The van der Waals surface area contributed by atoms with Crippen LogP contribution in [0.4, 0.5) is 0 Å². The molecule has 0 saturated heterocycles. The van der Waals surface area contributed by atoms with Gasteiger partial charge in [0.05, 0.1) is 0 Å². The third-order valence-electron chi connectivity index (χ3n) is 0. The molecular weight excluding hydrogens is 433 g/mol. The van der Waals surface area contributed by atoms with E-state index in [-0.39, 0.29) is 93.8 Å². The first-order valence-electron chi connectivity index (χ1n) is 0. The molecule has 0 aliphatic carbocycles. The minimum absolute atomic E-state index is 0. The second kappa shape index (κ2) is 16.6. The summed E-state index contributed by atoms with van der Waals surface area (Å²) in [6.07, 6.45) is 0. The van der Waals surface area contributed by atoms with Crippen LogP contribution in [-0.2, 0) is 22.4 Å². The molecule has 0 atom stereocenters. The van der Waals surface area contributed by atoms with E-state index in [1.165, 1.54) is 0 Å². The van der Waals surface area contributed by atoms with Gasteiger partial charge in [-0.3, -0.25) is 0 Å². The summed E-state index contributed by atoms with van der Waals surface area (Å²) in [7, 11) is 0. The third-order valence-corrected chi connectivity index (χ3v) is 0. The molecule has 0 spiro atoms. The summed E-state index contributed by atoms with van der Waals surface area (Å²) >= 11 is 0. The average Bonchev–Trinajstić information content (AvgIpc) is 0. The average molecular weight is 433 g/mol. The van der Waals surface area contributed by atoms with Crippen LogP contribution in [0.1, 0.15) is 0 Å². The molecule has 4 heavy (non-hydrogen) atoms. The topological polar surface area (TPSA) is 0 Å². The standard InChI is InChI=1S/Ag.Er.2Se. The largest absolute Gasteiger partial charge is 0 e. The molecule has 0 N–H and O–H groups in total. The second-order valence-corrected chi connectivity index (χ2v) is 0. The molecule has 5 radical (unpaired) electrons. The van der Waals surface area contributed by atoms with Gasteiger partial charge in [-0.25, -0.2) is 0 Å². The van der Waals surface area contributed by atoms with Crippen LogP contribution in [0, 0.1) is 37.3 Å². The molecule has 35 valence electrons. The third kappa shape index (κ3) is 8.90. The van der Waals surface area contributed by atoms with Crippen molar-refractivity contribution < 1.29 is 59.7 Å². The molecule has 0 aromatic heterocycles. The van der Waals surface area contributed by atoms with Gasteiger partial charge in [-0.1, -0.05) is 0 Å². The summed E-state index contributed by atoms with van der Waals surface area (Å²) in [5.74, 6) is 0. The van der Waals surface area contributed by atoms with Gasteiger partial charge in [-0.15, -0.1) is 0 Å². The second-order valence-electron chi connectivity index (χ2n) is 0. The molecule has 0 bridgehead atoms. The van der Waals surface area contributed by atoms with Gasteiger partial charge >= 0.3 is 0 Å². The molecular formula is AgErSe2. The van der Waals surface area contributed by atoms with E-state index in [4.69, 9.17) is 0 Å². The molecule has 4 heteroatoms. The fourth-order valence-electron chi connectivity index (χ4n) is 0. The molecule has 0 amide bonds. The van der Waals surface area contributed by atoms with E-state index in [1.807, 2.05) is 0 Å². The first kappa shape index (κ1) is 27.9. The first-order valence-corrected chi connectivity index (χ1v) is 0. The van der Waals surface area contributed by atoms with Crippen LogP contribution in [0.15, 0.2) is 0 Å². The van der Waals surface area contributed by atoms with Crippen molar-refractivity contribution >= 4 is 34.1 Å². The van der Waals surface area contributed by atoms with E-state index in [0.717, 1.165) is 0 Å². The smallest absolute Gasteiger partial charge is 0 e. The minimum Gasteiger partial charge on any atom is 0 e. The Morgan fingerprint density at radius 2 is 0.750 bits per heavy atom. The summed E-state index contributed by atoms with van der Waals surface area (Å²) in [5, 5.41) is 0. The maximum Gasteiger partial charge on any atom is 0 e. The fourth-order valence-corrected chi connectivity index (χ4v) is 0. The van der Waals surface area contributed by atoms with Gasteiger partial charge in [-0.2, -0.15) is 0 Å². The number of rotatable bonds is 0. The minimum atomic E-state index is 0. The van der Waals surface area contributed by atoms with E-state index in [2.05, 4.69) is 0 Å². The Balaban J connectivity index is 0. The fraction of sp³-hybridized carbons (Fsp3) is 0. The number of hydrogen-bond acceptors (Lipinski definition) is 0. The predicted octanol–water partition coefficient (Wildman–Crippen LogP) is -0.764. The molecule has 0 aromatic carbocycles. The molecule has 0 saturated carbocycles. The zero-order chi connectivity index (χ0) is 0.